The van der Waals surface area contributed by atoms with Crippen LogP contribution in [0.5, 0.6) is 0 Å². The molecule has 0 fully saturated rings. The van der Waals surface area contributed by atoms with Crippen LogP contribution < -0.4 is 5.32 Å². The molecule has 1 amide bonds. The van der Waals surface area contributed by atoms with Crippen molar-refractivity contribution in [1.29, 1.82) is 0 Å². The van der Waals surface area contributed by atoms with Crippen LogP contribution in [0.3, 0.4) is 0 Å². The van der Waals surface area contributed by atoms with Gasteiger partial charge in [-0.2, -0.15) is 0 Å². The summed E-state index contributed by atoms with van der Waals surface area (Å²) in [6.07, 6.45) is -0.174. The number of carbonyl (C=O) groups excluding carboxylic acids is 1. The Morgan fingerprint density at radius 1 is 1.00 bits per heavy atom. The molecule has 1 unspecified atom stereocenters. The number of rotatable bonds is 6. The van der Waals surface area contributed by atoms with Gasteiger partial charge in [0.2, 0.25) is 5.91 Å². The van der Waals surface area contributed by atoms with Crippen molar-refractivity contribution in [1.82, 2.24) is 5.32 Å². The first-order valence-corrected chi connectivity index (χ1v) is 6.95. The molecule has 2 aromatic rings. The molecule has 0 aromatic heterocycles. The van der Waals surface area contributed by atoms with Crippen LogP contribution >= 0.6 is 0 Å². The number of hydrogen-bond acceptors (Lipinski definition) is 2. The van der Waals surface area contributed by atoms with Gasteiger partial charge in [0.25, 0.3) is 0 Å². The molecule has 0 saturated carbocycles. The molecule has 0 aliphatic heterocycles. The van der Waals surface area contributed by atoms with Crippen molar-refractivity contribution in [2.24, 2.45) is 0 Å². The summed E-state index contributed by atoms with van der Waals surface area (Å²) in [6.45, 7) is 0. The number of carboxylic acids is 1. The maximum Gasteiger partial charge on any atom is 0.326 e. The Labute approximate surface area is 131 Å². The lowest BCUT2D eigenvalue weighted by molar-refractivity contribution is -0.141. The molecule has 2 aromatic carbocycles. The molecule has 23 heavy (non-hydrogen) atoms. The Morgan fingerprint density at radius 3 is 2.13 bits per heavy atom. The summed E-state index contributed by atoms with van der Waals surface area (Å²) in [5, 5.41) is 11.6. The van der Waals surface area contributed by atoms with Crippen LogP contribution in [0.15, 0.2) is 48.5 Å². The number of nitrogens with one attached hydrogen (secondary N) is 1. The summed E-state index contributed by atoms with van der Waals surface area (Å²) in [5.74, 6) is -2.70. The van der Waals surface area contributed by atoms with E-state index >= 15 is 0 Å². The maximum atomic E-state index is 13.1. The van der Waals surface area contributed by atoms with E-state index in [9.17, 15) is 23.5 Å². The number of hydrogen-bond donors (Lipinski definition) is 2. The summed E-state index contributed by atoms with van der Waals surface area (Å²) < 4.78 is 26.2. The van der Waals surface area contributed by atoms with Gasteiger partial charge in [-0.1, -0.05) is 24.3 Å². The minimum absolute atomic E-state index is 0.0397. The fourth-order valence-electron chi connectivity index (χ4n) is 2.18. The quantitative estimate of drug-likeness (QED) is 0.859. The van der Waals surface area contributed by atoms with Crippen molar-refractivity contribution in [2.75, 3.05) is 0 Å². The van der Waals surface area contributed by atoms with Crippen LogP contribution in [-0.4, -0.2) is 23.0 Å². The molecule has 0 spiro atoms. The average Bonchev–Trinajstić information content (AvgIpc) is 2.46. The van der Waals surface area contributed by atoms with Crippen LogP contribution in [0.25, 0.3) is 0 Å². The molecular weight excluding hydrogens is 304 g/mol. The van der Waals surface area contributed by atoms with Crippen molar-refractivity contribution < 1.29 is 23.5 Å². The highest BCUT2D eigenvalue weighted by Gasteiger charge is 2.20. The van der Waals surface area contributed by atoms with E-state index in [0.717, 1.165) is 0 Å². The summed E-state index contributed by atoms with van der Waals surface area (Å²) in [4.78, 5) is 23.2. The normalized spacial score (nSPS) is 11.7. The number of amides is 1. The number of halogens is 2. The summed E-state index contributed by atoms with van der Waals surface area (Å²) in [7, 11) is 0. The van der Waals surface area contributed by atoms with Crippen molar-refractivity contribution in [3.8, 4) is 0 Å². The average molecular weight is 319 g/mol. The van der Waals surface area contributed by atoms with E-state index in [0.29, 0.717) is 11.1 Å². The topological polar surface area (TPSA) is 66.4 Å². The highest BCUT2D eigenvalue weighted by atomic mass is 19.1. The predicted molar refractivity (Wildman–Crippen MR) is 79.8 cm³/mol. The van der Waals surface area contributed by atoms with Crippen LogP contribution in [0.1, 0.15) is 11.1 Å². The highest BCUT2D eigenvalue weighted by Crippen LogP contribution is 2.08. The smallest absolute Gasteiger partial charge is 0.326 e. The standard InChI is InChI=1S/C17H15F2NO3/c18-13-5-1-3-11(7-13)9-15(17(22)23)20-16(21)10-12-4-2-6-14(19)8-12/h1-8,15H,9-10H2,(H,20,21)(H,22,23). The van der Waals surface area contributed by atoms with Crippen LogP contribution in [0.2, 0.25) is 0 Å². The SMILES string of the molecule is O=C(Cc1cccc(F)c1)NC(Cc1cccc(F)c1)C(=O)O. The monoisotopic (exact) mass is 319 g/mol. The van der Waals surface area contributed by atoms with E-state index in [-0.39, 0.29) is 12.8 Å². The molecule has 0 aliphatic rings. The molecule has 120 valence electrons. The lowest BCUT2D eigenvalue weighted by Gasteiger charge is -2.15. The Morgan fingerprint density at radius 2 is 1.57 bits per heavy atom. The zero-order valence-electron chi connectivity index (χ0n) is 12.1. The first-order chi connectivity index (χ1) is 10.9. The van der Waals surface area contributed by atoms with Gasteiger partial charge in [0.05, 0.1) is 6.42 Å². The fraction of sp³-hybridized carbons (Fsp3) is 0.176. The number of carbonyl (C=O) groups is 2. The van der Waals surface area contributed by atoms with Gasteiger partial charge >= 0.3 is 5.97 Å². The highest BCUT2D eigenvalue weighted by molar-refractivity contribution is 5.85. The molecule has 0 radical (unpaired) electrons. The van der Waals surface area contributed by atoms with Crippen LogP contribution in [-0.2, 0) is 22.4 Å². The van der Waals surface area contributed by atoms with Crippen molar-refractivity contribution in [3.05, 3.63) is 71.3 Å². The van der Waals surface area contributed by atoms with Gasteiger partial charge < -0.3 is 10.4 Å². The minimum atomic E-state index is -1.22. The van der Waals surface area contributed by atoms with Gasteiger partial charge in [0.1, 0.15) is 17.7 Å². The zero-order chi connectivity index (χ0) is 16.8. The molecule has 1 atom stereocenters. The van der Waals surface area contributed by atoms with Gasteiger partial charge in [0.15, 0.2) is 0 Å². The Kier molecular flexibility index (Phi) is 5.41. The zero-order valence-corrected chi connectivity index (χ0v) is 12.1. The van der Waals surface area contributed by atoms with Crippen molar-refractivity contribution in [2.45, 2.75) is 18.9 Å². The molecule has 6 heteroatoms. The molecule has 0 heterocycles. The van der Waals surface area contributed by atoms with Gasteiger partial charge in [-0.25, -0.2) is 13.6 Å². The van der Waals surface area contributed by atoms with E-state index < -0.39 is 29.6 Å². The Bertz CT molecular complexity index is 718. The summed E-state index contributed by atoms with van der Waals surface area (Å²) in [5.41, 5.74) is 0.904. The second-order valence-corrected chi connectivity index (χ2v) is 5.10. The van der Waals surface area contributed by atoms with Crippen LogP contribution in [0.4, 0.5) is 8.78 Å². The lowest BCUT2D eigenvalue weighted by atomic mass is 10.1. The van der Waals surface area contributed by atoms with E-state index in [1.807, 2.05) is 0 Å². The molecular formula is C17H15F2NO3. The third-order valence-electron chi connectivity index (χ3n) is 3.22. The predicted octanol–water partition coefficient (Wildman–Crippen LogP) is 2.32. The third kappa shape index (κ3) is 5.18. The Hall–Kier alpha value is -2.76. The van der Waals surface area contributed by atoms with Gasteiger partial charge in [-0.3, -0.25) is 4.79 Å². The maximum absolute atomic E-state index is 13.1. The summed E-state index contributed by atoms with van der Waals surface area (Å²) in [6, 6.07) is 9.85. The number of aliphatic carboxylic acids is 1. The minimum Gasteiger partial charge on any atom is -0.480 e. The number of carboxylic acid groups (broad SMARTS) is 1. The van der Waals surface area contributed by atoms with Gasteiger partial charge in [-0.05, 0) is 35.4 Å². The second kappa shape index (κ2) is 7.49. The fourth-order valence-corrected chi connectivity index (χ4v) is 2.18. The molecule has 0 saturated heterocycles. The molecule has 2 rings (SSSR count). The van der Waals surface area contributed by atoms with E-state index in [2.05, 4.69) is 5.32 Å². The van der Waals surface area contributed by atoms with Gasteiger partial charge in [0, 0.05) is 6.42 Å². The molecule has 4 nitrogen and oxygen atoms in total. The van der Waals surface area contributed by atoms with E-state index in [1.165, 1.54) is 36.4 Å². The number of benzene rings is 2. The van der Waals surface area contributed by atoms with E-state index in [4.69, 9.17) is 0 Å². The first-order valence-electron chi connectivity index (χ1n) is 6.95. The third-order valence-corrected chi connectivity index (χ3v) is 3.22. The van der Waals surface area contributed by atoms with Crippen molar-refractivity contribution in [3.63, 3.8) is 0 Å². The molecule has 0 bridgehead atoms. The van der Waals surface area contributed by atoms with Crippen LogP contribution in [0, 0.1) is 11.6 Å². The summed E-state index contributed by atoms with van der Waals surface area (Å²) >= 11 is 0. The van der Waals surface area contributed by atoms with Crippen molar-refractivity contribution >= 4 is 11.9 Å². The second-order valence-electron chi connectivity index (χ2n) is 5.10. The largest absolute Gasteiger partial charge is 0.480 e. The Balaban J connectivity index is 2.01. The molecule has 2 N–H and O–H groups in total. The lowest BCUT2D eigenvalue weighted by Crippen LogP contribution is -2.43. The van der Waals surface area contributed by atoms with E-state index in [1.54, 1.807) is 12.1 Å². The molecule has 0 aliphatic carbocycles. The van der Waals surface area contributed by atoms with Gasteiger partial charge in [-0.15, -0.1) is 0 Å². The first kappa shape index (κ1) is 16.6.